The lowest BCUT2D eigenvalue weighted by atomic mass is 10.4. The molecule has 1 unspecified atom stereocenters. The van der Waals surface area contributed by atoms with Gasteiger partial charge in [0.1, 0.15) is 0 Å². The Hall–Kier alpha value is -1.43. The van der Waals surface area contributed by atoms with Crippen LogP contribution in [0.4, 0.5) is 0 Å². The van der Waals surface area contributed by atoms with E-state index in [0.717, 1.165) is 0 Å². The second kappa shape index (κ2) is 4.88. The summed E-state index contributed by atoms with van der Waals surface area (Å²) in [6, 6.07) is 0. The zero-order valence-electron chi connectivity index (χ0n) is 8.69. The van der Waals surface area contributed by atoms with Crippen molar-refractivity contribution < 1.29 is 24.0 Å². The van der Waals surface area contributed by atoms with Crippen LogP contribution in [0.5, 0.6) is 0 Å². The number of carbonyl (C=O) groups is 3. The van der Waals surface area contributed by atoms with Gasteiger partial charge < -0.3 is 9.57 Å². The Balaban J connectivity index is 2.50. The van der Waals surface area contributed by atoms with Crippen molar-refractivity contribution in [3.8, 4) is 0 Å². The van der Waals surface area contributed by atoms with Crippen LogP contribution < -0.4 is 0 Å². The quantitative estimate of drug-likeness (QED) is 0.618. The molecule has 6 nitrogen and oxygen atoms in total. The van der Waals surface area contributed by atoms with Crippen LogP contribution in [0.25, 0.3) is 0 Å². The van der Waals surface area contributed by atoms with Gasteiger partial charge in [0, 0.05) is 19.4 Å². The monoisotopic (exact) mass is 215 g/mol. The summed E-state index contributed by atoms with van der Waals surface area (Å²) in [4.78, 5) is 38.1. The number of hydrogen-bond acceptors (Lipinski definition) is 5. The van der Waals surface area contributed by atoms with Gasteiger partial charge in [-0.2, -0.15) is 0 Å². The number of hydrogen-bond donors (Lipinski definition) is 0. The number of hydroxylamine groups is 2. The van der Waals surface area contributed by atoms with Gasteiger partial charge in [-0.3, -0.25) is 9.59 Å². The van der Waals surface area contributed by atoms with Gasteiger partial charge in [0.2, 0.25) is 0 Å². The van der Waals surface area contributed by atoms with E-state index in [0.29, 0.717) is 11.7 Å². The van der Waals surface area contributed by atoms with E-state index in [1.165, 1.54) is 6.92 Å². The fourth-order valence-electron chi connectivity index (χ4n) is 1.14. The molecule has 0 aromatic heterocycles. The number of rotatable bonds is 4. The number of amides is 2. The van der Waals surface area contributed by atoms with Crippen molar-refractivity contribution in [3.05, 3.63) is 0 Å². The maximum absolute atomic E-state index is 11.3. The molecule has 1 aliphatic heterocycles. The average molecular weight is 215 g/mol. The highest BCUT2D eigenvalue weighted by atomic mass is 16.7. The lowest BCUT2D eigenvalue weighted by Gasteiger charge is -2.15. The minimum absolute atomic E-state index is 0.0924. The summed E-state index contributed by atoms with van der Waals surface area (Å²) in [7, 11) is 0. The first-order chi connectivity index (χ1) is 7.06. The first-order valence-electron chi connectivity index (χ1n) is 4.75. The van der Waals surface area contributed by atoms with Gasteiger partial charge in [0.05, 0.1) is 0 Å². The highest BCUT2D eigenvalue weighted by Crippen LogP contribution is 2.12. The van der Waals surface area contributed by atoms with E-state index < -0.39 is 23.9 Å². The molecule has 1 aliphatic rings. The van der Waals surface area contributed by atoms with Crippen molar-refractivity contribution >= 4 is 17.8 Å². The number of nitrogens with zero attached hydrogens (tertiary/aromatic N) is 1. The number of imide groups is 1. The van der Waals surface area contributed by atoms with Gasteiger partial charge in [-0.25, -0.2) is 4.79 Å². The Kier molecular flexibility index (Phi) is 3.79. The Morgan fingerprint density at radius 1 is 1.40 bits per heavy atom. The summed E-state index contributed by atoms with van der Waals surface area (Å²) in [5.74, 6) is -1.71. The van der Waals surface area contributed by atoms with Crippen LogP contribution in [-0.4, -0.2) is 35.6 Å². The molecule has 1 saturated heterocycles. The van der Waals surface area contributed by atoms with Gasteiger partial charge in [0.25, 0.3) is 11.8 Å². The molecule has 1 atom stereocenters. The molecular weight excluding hydrogens is 202 g/mol. The van der Waals surface area contributed by atoms with Crippen molar-refractivity contribution in [2.24, 2.45) is 0 Å². The predicted octanol–water partition coefficient (Wildman–Crippen LogP) is 0.0186. The predicted molar refractivity (Wildman–Crippen MR) is 48.3 cm³/mol. The summed E-state index contributed by atoms with van der Waals surface area (Å²) < 4.78 is 4.96. The molecule has 0 aromatic carbocycles. The first kappa shape index (κ1) is 11.6. The third kappa shape index (κ3) is 2.76. The Labute approximate surface area is 87.1 Å². The fraction of sp³-hybridized carbons (Fsp3) is 0.667. The normalized spacial score (nSPS) is 18.1. The maximum Gasteiger partial charge on any atom is 0.361 e. The molecule has 0 saturated carbocycles. The van der Waals surface area contributed by atoms with Gasteiger partial charge in [-0.1, -0.05) is 0 Å². The van der Waals surface area contributed by atoms with Crippen molar-refractivity contribution in [1.82, 2.24) is 5.06 Å². The largest absolute Gasteiger partial charge is 0.367 e. The van der Waals surface area contributed by atoms with Gasteiger partial charge in [0.15, 0.2) is 6.10 Å². The second-order valence-corrected chi connectivity index (χ2v) is 3.09. The van der Waals surface area contributed by atoms with E-state index >= 15 is 0 Å². The van der Waals surface area contributed by atoms with Crippen LogP contribution >= 0.6 is 0 Å². The minimum atomic E-state index is -0.781. The Bertz CT molecular complexity index is 272. The Morgan fingerprint density at radius 2 is 1.93 bits per heavy atom. The maximum atomic E-state index is 11.3. The molecule has 1 fully saturated rings. The molecule has 0 radical (unpaired) electrons. The summed E-state index contributed by atoms with van der Waals surface area (Å²) in [6.07, 6.45) is -0.597. The standard InChI is InChI=1S/C9H13NO5/c1-3-14-6(2)9(13)15-10-7(11)4-5-8(10)12/h6H,3-5H2,1-2H3. The van der Waals surface area contributed by atoms with Gasteiger partial charge >= 0.3 is 5.97 Å². The van der Waals surface area contributed by atoms with Crippen LogP contribution in [0.3, 0.4) is 0 Å². The molecule has 0 spiro atoms. The van der Waals surface area contributed by atoms with E-state index in [1.54, 1.807) is 6.92 Å². The molecule has 1 rings (SSSR count). The molecule has 0 aromatic rings. The molecule has 2 amide bonds. The molecule has 0 N–H and O–H groups in total. The minimum Gasteiger partial charge on any atom is -0.367 e. The van der Waals surface area contributed by atoms with E-state index in [2.05, 4.69) is 4.84 Å². The molecule has 84 valence electrons. The van der Waals surface area contributed by atoms with Crippen LogP contribution in [0.15, 0.2) is 0 Å². The molecule has 6 heteroatoms. The van der Waals surface area contributed by atoms with Crippen LogP contribution in [0.2, 0.25) is 0 Å². The smallest absolute Gasteiger partial charge is 0.361 e. The summed E-state index contributed by atoms with van der Waals surface area (Å²) in [5, 5.41) is 0.512. The molecule has 1 heterocycles. The van der Waals surface area contributed by atoms with Crippen LogP contribution in [-0.2, 0) is 24.0 Å². The van der Waals surface area contributed by atoms with E-state index in [1.807, 2.05) is 0 Å². The van der Waals surface area contributed by atoms with Crippen molar-refractivity contribution in [2.45, 2.75) is 32.8 Å². The summed E-state index contributed by atoms with van der Waals surface area (Å²) in [5.41, 5.74) is 0. The third-order valence-electron chi connectivity index (χ3n) is 1.94. The van der Waals surface area contributed by atoms with E-state index in [-0.39, 0.29) is 12.8 Å². The molecule has 15 heavy (non-hydrogen) atoms. The lowest BCUT2D eigenvalue weighted by Crippen LogP contribution is -2.36. The van der Waals surface area contributed by atoms with Gasteiger partial charge in [-0.05, 0) is 13.8 Å². The van der Waals surface area contributed by atoms with Crippen molar-refractivity contribution in [2.75, 3.05) is 6.61 Å². The number of ether oxygens (including phenoxy) is 1. The van der Waals surface area contributed by atoms with Crippen molar-refractivity contribution in [3.63, 3.8) is 0 Å². The molecule has 0 bridgehead atoms. The lowest BCUT2D eigenvalue weighted by molar-refractivity contribution is -0.204. The fourth-order valence-corrected chi connectivity index (χ4v) is 1.14. The highest BCUT2D eigenvalue weighted by Gasteiger charge is 2.34. The molecule has 0 aliphatic carbocycles. The topological polar surface area (TPSA) is 72.9 Å². The zero-order valence-corrected chi connectivity index (χ0v) is 8.69. The summed E-state index contributed by atoms with van der Waals surface area (Å²) >= 11 is 0. The molecular formula is C9H13NO5. The average Bonchev–Trinajstić information content (AvgIpc) is 2.49. The van der Waals surface area contributed by atoms with Crippen LogP contribution in [0, 0.1) is 0 Å². The van der Waals surface area contributed by atoms with Crippen molar-refractivity contribution in [1.29, 1.82) is 0 Å². The van der Waals surface area contributed by atoms with E-state index in [4.69, 9.17) is 4.74 Å². The third-order valence-corrected chi connectivity index (χ3v) is 1.94. The highest BCUT2D eigenvalue weighted by molar-refractivity contribution is 6.01. The first-order valence-corrected chi connectivity index (χ1v) is 4.75. The second-order valence-electron chi connectivity index (χ2n) is 3.09. The van der Waals surface area contributed by atoms with Gasteiger partial charge in [-0.15, -0.1) is 5.06 Å². The zero-order chi connectivity index (χ0) is 11.4. The summed E-state index contributed by atoms with van der Waals surface area (Å²) in [6.45, 7) is 3.59. The van der Waals surface area contributed by atoms with Crippen LogP contribution in [0.1, 0.15) is 26.7 Å². The number of carbonyl (C=O) groups excluding carboxylic acids is 3. The van der Waals surface area contributed by atoms with E-state index in [9.17, 15) is 14.4 Å². The Morgan fingerprint density at radius 3 is 2.40 bits per heavy atom. The SMILES string of the molecule is CCOC(C)C(=O)ON1C(=O)CCC1=O.